The van der Waals surface area contributed by atoms with E-state index in [0.717, 1.165) is 24.1 Å². The number of oxime groups is 1. The van der Waals surface area contributed by atoms with Gasteiger partial charge < -0.3 is 16.3 Å². The zero-order valence-corrected chi connectivity index (χ0v) is 11.4. The second kappa shape index (κ2) is 7.01. The molecule has 0 heterocycles. The molecule has 0 radical (unpaired) electrons. The Balaban J connectivity index is 2.73. The Labute approximate surface area is 109 Å². The molecule has 0 fully saturated rings. The molecule has 0 spiro atoms. The van der Waals surface area contributed by atoms with E-state index < -0.39 is 0 Å². The molecule has 0 aliphatic carbocycles. The van der Waals surface area contributed by atoms with Crippen LogP contribution in [0.1, 0.15) is 38.3 Å². The van der Waals surface area contributed by atoms with Crippen LogP contribution in [0, 0.1) is 5.92 Å². The molecular formula is C14H23N3O. The van der Waals surface area contributed by atoms with Crippen molar-refractivity contribution in [1.29, 1.82) is 0 Å². The van der Waals surface area contributed by atoms with Crippen LogP contribution >= 0.6 is 0 Å². The van der Waals surface area contributed by atoms with Crippen molar-refractivity contribution in [2.75, 3.05) is 0 Å². The van der Waals surface area contributed by atoms with Gasteiger partial charge in [0.05, 0.1) is 0 Å². The molecule has 2 unspecified atom stereocenters. The molecule has 1 aromatic rings. The number of hydrogen-bond acceptors (Lipinski definition) is 3. The Morgan fingerprint density at radius 2 is 2.06 bits per heavy atom. The first-order chi connectivity index (χ1) is 8.60. The molecule has 4 heteroatoms. The lowest BCUT2D eigenvalue weighted by atomic mass is 10.00. The highest BCUT2D eigenvalue weighted by Gasteiger charge is 2.11. The molecule has 0 aromatic heterocycles. The topological polar surface area (TPSA) is 70.6 Å². The van der Waals surface area contributed by atoms with Crippen molar-refractivity contribution < 1.29 is 5.21 Å². The van der Waals surface area contributed by atoms with E-state index in [1.807, 2.05) is 24.3 Å². The SMILES string of the molecule is CCC(C)C(C)NCc1ccccc1C(N)=NO. The average Bonchev–Trinajstić information content (AvgIpc) is 2.43. The molecule has 100 valence electrons. The highest BCUT2D eigenvalue weighted by molar-refractivity contribution is 5.98. The molecule has 4 nitrogen and oxygen atoms in total. The third-order valence-corrected chi connectivity index (χ3v) is 3.51. The summed E-state index contributed by atoms with van der Waals surface area (Å²) in [6.45, 7) is 7.32. The Morgan fingerprint density at radius 3 is 2.67 bits per heavy atom. The van der Waals surface area contributed by atoms with Crippen molar-refractivity contribution in [3.8, 4) is 0 Å². The Hall–Kier alpha value is -1.55. The van der Waals surface area contributed by atoms with Gasteiger partial charge in [0.15, 0.2) is 5.84 Å². The summed E-state index contributed by atoms with van der Waals surface area (Å²) in [6, 6.07) is 8.13. The van der Waals surface area contributed by atoms with Gasteiger partial charge in [0.25, 0.3) is 0 Å². The van der Waals surface area contributed by atoms with Gasteiger partial charge in [-0.3, -0.25) is 0 Å². The minimum atomic E-state index is 0.156. The van der Waals surface area contributed by atoms with Crippen molar-refractivity contribution in [3.05, 3.63) is 35.4 Å². The summed E-state index contributed by atoms with van der Waals surface area (Å²) in [7, 11) is 0. The monoisotopic (exact) mass is 249 g/mol. The fraction of sp³-hybridized carbons (Fsp3) is 0.500. The largest absolute Gasteiger partial charge is 0.409 e. The second-order valence-electron chi connectivity index (χ2n) is 4.70. The number of nitrogens with one attached hydrogen (secondary N) is 1. The molecule has 2 atom stereocenters. The summed E-state index contributed by atoms with van der Waals surface area (Å²) < 4.78 is 0. The predicted molar refractivity (Wildman–Crippen MR) is 74.7 cm³/mol. The van der Waals surface area contributed by atoms with Crippen molar-refractivity contribution in [1.82, 2.24) is 5.32 Å². The van der Waals surface area contributed by atoms with Crippen LogP contribution in [0.2, 0.25) is 0 Å². The van der Waals surface area contributed by atoms with E-state index in [0.29, 0.717) is 12.0 Å². The Bertz CT molecular complexity index is 404. The third-order valence-electron chi connectivity index (χ3n) is 3.51. The lowest BCUT2D eigenvalue weighted by Crippen LogP contribution is -2.32. The lowest BCUT2D eigenvalue weighted by Gasteiger charge is -2.20. The number of nitrogens with two attached hydrogens (primary N) is 1. The highest BCUT2D eigenvalue weighted by atomic mass is 16.4. The van der Waals surface area contributed by atoms with Gasteiger partial charge in [0.1, 0.15) is 0 Å². The van der Waals surface area contributed by atoms with Crippen molar-refractivity contribution in [2.45, 2.75) is 39.8 Å². The van der Waals surface area contributed by atoms with E-state index >= 15 is 0 Å². The highest BCUT2D eigenvalue weighted by Crippen LogP contribution is 2.11. The van der Waals surface area contributed by atoms with E-state index in [-0.39, 0.29) is 5.84 Å². The molecule has 18 heavy (non-hydrogen) atoms. The normalized spacial score (nSPS) is 15.4. The van der Waals surface area contributed by atoms with Crippen LogP contribution in [0.3, 0.4) is 0 Å². The number of benzene rings is 1. The number of nitrogens with zero attached hydrogens (tertiary/aromatic N) is 1. The first-order valence-corrected chi connectivity index (χ1v) is 6.39. The number of rotatable bonds is 6. The summed E-state index contributed by atoms with van der Waals surface area (Å²) in [5.74, 6) is 0.782. The fourth-order valence-corrected chi connectivity index (χ4v) is 1.80. The van der Waals surface area contributed by atoms with Crippen LogP contribution in [0.4, 0.5) is 0 Å². The van der Waals surface area contributed by atoms with Crippen molar-refractivity contribution in [2.24, 2.45) is 16.8 Å². The minimum absolute atomic E-state index is 0.156. The molecule has 4 N–H and O–H groups in total. The molecule has 0 saturated heterocycles. The summed E-state index contributed by atoms with van der Waals surface area (Å²) in [6.07, 6.45) is 1.15. The van der Waals surface area contributed by atoms with Gasteiger partial charge in [-0.2, -0.15) is 0 Å². The van der Waals surface area contributed by atoms with Crippen LogP contribution in [-0.4, -0.2) is 17.1 Å². The van der Waals surface area contributed by atoms with Crippen LogP contribution in [0.25, 0.3) is 0 Å². The molecule has 0 aliphatic rings. The predicted octanol–water partition coefficient (Wildman–Crippen LogP) is 2.31. The quantitative estimate of drug-likeness (QED) is 0.313. The van der Waals surface area contributed by atoms with E-state index in [2.05, 4.69) is 31.2 Å². The third kappa shape index (κ3) is 3.74. The van der Waals surface area contributed by atoms with E-state index in [4.69, 9.17) is 10.9 Å². The van der Waals surface area contributed by atoms with Crippen LogP contribution < -0.4 is 11.1 Å². The maximum absolute atomic E-state index is 8.76. The molecule has 0 amide bonds. The zero-order chi connectivity index (χ0) is 13.5. The van der Waals surface area contributed by atoms with Crippen molar-refractivity contribution in [3.63, 3.8) is 0 Å². The van der Waals surface area contributed by atoms with E-state index in [9.17, 15) is 0 Å². The summed E-state index contributed by atoms with van der Waals surface area (Å²) in [5, 5.41) is 15.3. The Kier molecular flexibility index (Phi) is 5.65. The fourth-order valence-electron chi connectivity index (χ4n) is 1.80. The lowest BCUT2D eigenvalue weighted by molar-refractivity contribution is 0.318. The van der Waals surface area contributed by atoms with E-state index in [1.54, 1.807) is 0 Å². The van der Waals surface area contributed by atoms with Gasteiger partial charge in [-0.25, -0.2) is 0 Å². The van der Waals surface area contributed by atoms with Crippen LogP contribution in [0.15, 0.2) is 29.4 Å². The summed E-state index contributed by atoms with van der Waals surface area (Å²) in [5.41, 5.74) is 7.49. The number of hydrogen-bond donors (Lipinski definition) is 3. The van der Waals surface area contributed by atoms with E-state index in [1.165, 1.54) is 0 Å². The zero-order valence-electron chi connectivity index (χ0n) is 11.4. The molecule has 1 aromatic carbocycles. The van der Waals surface area contributed by atoms with Gasteiger partial charge in [0, 0.05) is 18.2 Å². The first kappa shape index (κ1) is 14.5. The minimum Gasteiger partial charge on any atom is -0.409 e. The molecule has 0 aliphatic heterocycles. The molecule has 0 saturated carbocycles. The number of amidine groups is 1. The Morgan fingerprint density at radius 1 is 1.39 bits per heavy atom. The smallest absolute Gasteiger partial charge is 0.170 e. The van der Waals surface area contributed by atoms with Gasteiger partial charge >= 0.3 is 0 Å². The summed E-state index contributed by atoms with van der Waals surface area (Å²) >= 11 is 0. The first-order valence-electron chi connectivity index (χ1n) is 6.39. The molecule has 1 rings (SSSR count). The van der Waals surface area contributed by atoms with Gasteiger partial charge in [0.2, 0.25) is 0 Å². The standard InChI is InChI=1S/C14H23N3O/c1-4-10(2)11(3)16-9-12-7-5-6-8-13(12)14(15)17-18/h5-8,10-11,16,18H,4,9H2,1-3H3,(H2,15,17). The van der Waals surface area contributed by atoms with Gasteiger partial charge in [-0.1, -0.05) is 49.7 Å². The van der Waals surface area contributed by atoms with Gasteiger partial charge in [-0.05, 0) is 18.4 Å². The second-order valence-corrected chi connectivity index (χ2v) is 4.70. The van der Waals surface area contributed by atoms with Crippen LogP contribution in [0.5, 0.6) is 0 Å². The molecule has 0 bridgehead atoms. The van der Waals surface area contributed by atoms with Crippen molar-refractivity contribution >= 4 is 5.84 Å². The van der Waals surface area contributed by atoms with Gasteiger partial charge in [-0.15, -0.1) is 0 Å². The van der Waals surface area contributed by atoms with Crippen LogP contribution in [-0.2, 0) is 6.54 Å². The maximum Gasteiger partial charge on any atom is 0.170 e. The summed E-state index contributed by atoms with van der Waals surface area (Å²) in [4.78, 5) is 0. The maximum atomic E-state index is 8.76. The average molecular weight is 249 g/mol. The molecular weight excluding hydrogens is 226 g/mol.